The molecule has 136 valence electrons. The molecule has 0 saturated carbocycles. The van der Waals surface area contributed by atoms with Crippen LogP contribution in [0.15, 0.2) is 30.3 Å². The summed E-state index contributed by atoms with van der Waals surface area (Å²) in [7, 11) is 0. The molecule has 0 bridgehead atoms. The first-order valence-electron chi connectivity index (χ1n) is 8.81. The molecule has 0 aliphatic heterocycles. The first kappa shape index (κ1) is 18.1. The highest BCUT2D eigenvalue weighted by atomic mass is 19.1. The number of rotatable bonds is 4. The summed E-state index contributed by atoms with van der Waals surface area (Å²) < 4.78 is 20.6. The fourth-order valence-electron chi connectivity index (χ4n) is 3.42. The number of ether oxygens (including phenoxy) is 1. The van der Waals surface area contributed by atoms with E-state index < -0.39 is 5.97 Å². The number of halogens is 1. The van der Waals surface area contributed by atoms with Gasteiger partial charge in [0.1, 0.15) is 11.5 Å². The van der Waals surface area contributed by atoms with Crippen molar-refractivity contribution in [1.82, 2.24) is 9.61 Å². The molecule has 1 aromatic carbocycles. The molecule has 4 nitrogen and oxygen atoms in total. The summed E-state index contributed by atoms with van der Waals surface area (Å²) in [5.41, 5.74) is 5.55. The second-order valence-corrected chi connectivity index (χ2v) is 6.75. The summed E-state index contributed by atoms with van der Waals surface area (Å²) >= 11 is 0. The number of esters is 1. The average Bonchev–Trinajstić information content (AvgIpc) is 2.88. The summed E-state index contributed by atoms with van der Waals surface area (Å²) in [4.78, 5) is 12.8. The monoisotopic (exact) mass is 354 g/mol. The second-order valence-electron chi connectivity index (χ2n) is 6.75. The molecule has 0 N–H and O–H groups in total. The topological polar surface area (TPSA) is 43.6 Å². The Kier molecular flexibility index (Phi) is 4.81. The van der Waals surface area contributed by atoms with Crippen molar-refractivity contribution in [3.8, 4) is 11.3 Å². The predicted octanol–water partition coefficient (Wildman–Crippen LogP) is 5.06. The van der Waals surface area contributed by atoms with E-state index in [0.717, 1.165) is 22.3 Å². The number of benzene rings is 1. The van der Waals surface area contributed by atoms with Crippen molar-refractivity contribution in [2.24, 2.45) is 0 Å². The van der Waals surface area contributed by atoms with Crippen LogP contribution in [0, 0.1) is 19.7 Å². The Labute approximate surface area is 152 Å². The molecular weight excluding hydrogens is 331 g/mol. The van der Waals surface area contributed by atoms with E-state index >= 15 is 0 Å². The van der Waals surface area contributed by atoms with E-state index in [-0.39, 0.29) is 18.3 Å². The molecule has 0 aliphatic rings. The Morgan fingerprint density at radius 3 is 2.46 bits per heavy atom. The lowest BCUT2D eigenvalue weighted by molar-refractivity contribution is 0.0525. The van der Waals surface area contributed by atoms with Crippen LogP contribution < -0.4 is 0 Å². The van der Waals surface area contributed by atoms with Gasteiger partial charge in [-0.25, -0.2) is 13.7 Å². The summed E-state index contributed by atoms with van der Waals surface area (Å²) in [6, 6.07) is 8.08. The first-order valence-corrected chi connectivity index (χ1v) is 8.81. The third-order valence-corrected chi connectivity index (χ3v) is 4.48. The summed E-state index contributed by atoms with van der Waals surface area (Å²) in [5.74, 6) is -0.638. The molecule has 2 aromatic heterocycles. The number of hydrogen-bond acceptors (Lipinski definition) is 3. The zero-order valence-corrected chi connectivity index (χ0v) is 15.8. The number of hydrogen-bond donors (Lipinski definition) is 0. The van der Waals surface area contributed by atoms with E-state index in [4.69, 9.17) is 9.84 Å². The van der Waals surface area contributed by atoms with Gasteiger partial charge in [0.15, 0.2) is 0 Å². The SMILES string of the molecule is CCOC(=O)c1c(-c2ccc(F)cc2)nn2c(C)cc(C)c2c1C(C)C. The lowest BCUT2D eigenvalue weighted by Gasteiger charge is -2.19. The van der Waals surface area contributed by atoms with Crippen molar-refractivity contribution in [1.29, 1.82) is 0 Å². The summed E-state index contributed by atoms with van der Waals surface area (Å²) in [5, 5.41) is 4.74. The Hall–Kier alpha value is -2.69. The number of aromatic nitrogens is 2. The Morgan fingerprint density at radius 1 is 1.23 bits per heavy atom. The lowest BCUT2D eigenvalue weighted by Crippen LogP contribution is -2.15. The summed E-state index contributed by atoms with van der Waals surface area (Å²) in [6.45, 7) is 10.2. The van der Waals surface area contributed by atoms with Crippen molar-refractivity contribution in [3.05, 3.63) is 58.5 Å². The van der Waals surface area contributed by atoms with Crippen LogP contribution in [0.5, 0.6) is 0 Å². The molecular formula is C21H23FN2O2. The van der Waals surface area contributed by atoms with Gasteiger partial charge in [-0.15, -0.1) is 0 Å². The second kappa shape index (κ2) is 6.90. The third-order valence-electron chi connectivity index (χ3n) is 4.48. The molecule has 0 spiro atoms. The number of carbonyl (C=O) groups is 1. The smallest absolute Gasteiger partial charge is 0.340 e. The molecule has 5 heteroatoms. The minimum absolute atomic E-state index is 0.0899. The van der Waals surface area contributed by atoms with Gasteiger partial charge in [-0.3, -0.25) is 0 Å². The van der Waals surface area contributed by atoms with Crippen LogP contribution in [0.1, 0.15) is 53.9 Å². The maximum absolute atomic E-state index is 13.4. The molecule has 0 atom stereocenters. The standard InChI is InChI=1S/C21H23FN2O2/c1-6-26-21(25)18-17(12(2)3)20-13(4)11-14(5)24(20)23-19(18)15-7-9-16(22)10-8-15/h7-12H,6H2,1-5H3. The van der Waals surface area contributed by atoms with Crippen molar-refractivity contribution in [2.45, 2.75) is 40.5 Å². The van der Waals surface area contributed by atoms with Crippen LogP contribution in [0.25, 0.3) is 16.8 Å². The van der Waals surface area contributed by atoms with Gasteiger partial charge >= 0.3 is 5.97 Å². The molecule has 2 heterocycles. The van der Waals surface area contributed by atoms with E-state index in [1.807, 2.05) is 32.2 Å². The third kappa shape index (κ3) is 2.98. The van der Waals surface area contributed by atoms with E-state index in [0.29, 0.717) is 16.8 Å². The van der Waals surface area contributed by atoms with Gasteiger partial charge in [0.25, 0.3) is 0 Å². The van der Waals surface area contributed by atoms with Crippen molar-refractivity contribution >= 4 is 11.5 Å². The average molecular weight is 354 g/mol. The molecule has 3 rings (SSSR count). The maximum atomic E-state index is 13.4. The fraction of sp³-hybridized carbons (Fsp3) is 0.333. The highest BCUT2D eigenvalue weighted by molar-refractivity contribution is 6.00. The number of aryl methyl sites for hydroxylation is 2. The van der Waals surface area contributed by atoms with Crippen LogP contribution in [-0.2, 0) is 4.74 Å². The zero-order chi connectivity index (χ0) is 19.0. The highest BCUT2D eigenvalue weighted by Gasteiger charge is 2.26. The van der Waals surface area contributed by atoms with Crippen molar-refractivity contribution in [3.63, 3.8) is 0 Å². The predicted molar refractivity (Wildman–Crippen MR) is 100 cm³/mol. The van der Waals surface area contributed by atoms with E-state index in [1.54, 1.807) is 19.1 Å². The van der Waals surface area contributed by atoms with Crippen LogP contribution in [0.3, 0.4) is 0 Å². The van der Waals surface area contributed by atoms with E-state index in [2.05, 4.69) is 6.07 Å². The maximum Gasteiger partial charge on any atom is 0.340 e. The lowest BCUT2D eigenvalue weighted by atomic mass is 9.92. The summed E-state index contributed by atoms with van der Waals surface area (Å²) in [6.07, 6.45) is 0. The number of carbonyl (C=O) groups excluding carboxylic acids is 1. The van der Waals surface area contributed by atoms with Gasteiger partial charge < -0.3 is 4.74 Å². The van der Waals surface area contributed by atoms with Gasteiger partial charge in [-0.2, -0.15) is 5.10 Å². The number of fused-ring (bicyclic) bond motifs is 1. The minimum Gasteiger partial charge on any atom is -0.462 e. The van der Waals surface area contributed by atoms with Crippen LogP contribution >= 0.6 is 0 Å². The molecule has 0 unspecified atom stereocenters. The first-order chi connectivity index (χ1) is 12.3. The van der Waals surface area contributed by atoms with Crippen LogP contribution in [0.2, 0.25) is 0 Å². The van der Waals surface area contributed by atoms with E-state index in [9.17, 15) is 9.18 Å². The van der Waals surface area contributed by atoms with Crippen molar-refractivity contribution < 1.29 is 13.9 Å². The van der Waals surface area contributed by atoms with Gasteiger partial charge in [-0.05, 0) is 68.1 Å². The molecule has 0 saturated heterocycles. The van der Waals surface area contributed by atoms with Crippen LogP contribution in [0.4, 0.5) is 4.39 Å². The Morgan fingerprint density at radius 2 is 1.88 bits per heavy atom. The molecule has 0 radical (unpaired) electrons. The van der Waals surface area contributed by atoms with Gasteiger partial charge in [0, 0.05) is 11.3 Å². The van der Waals surface area contributed by atoms with Crippen LogP contribution in [-0.4, -0.2) is 22.2 Å². The molecule has 3 aromatic rings. The fourth-order valence-corrected chi connectivity index (χ4v) is 3.42. The normalized spacial score (nSPS) is 11.3. The Bertz CT molecular complexity index is 972. The van der Waals surface area contributed by atoms with Gasteiger partial charge in [0.2, 0.25) is 0 Å². The molecule has 0 aliphatic carbocycles. The number of nitrogens with zero attached hydrogens (tertiary/aromatic N) is 2. The largest absolute Gasteiger partial charge is 0.462 e. The van der Waals surface area contributed by atoms with E-state index in [1.165, 1.54) is 12.1 Å². The quantitative estimate of drug-likeness (QED) is 0.615. The van der Waals surface area contributed by atoms with Gasteiger partial charge in [0.05, 0.1) is 17.7 Å². The van der Waals surface area contributed by atoms with Crippen molar-refractivity contribution in [2.75, 3.05) is 6.61 Å². The zero-order valence-electron chi connectivity index (χ0n) is 15.8. The molecule has 26 heavy (non-hydrogen) atoms. The highest BCUT2D eigenvalue weighted by Crippen LogP contribution is 2.34. The molecule has 0 fully saturated rings. The van der Waals surface area contributed by atoms with Gasteiger partial charge in [-0.1, -0.05) is 13.8 Å². The molecule has 0 amide bonds. The Balaban J connectivity index is 2.45. The minimum atomic E-state index is -0.399.